The first kappa shape index (κ1) is 10.7. The lowest BCUT2D eigenvalue weighted by molar-refractivity contribution is 0.341. The van der Waals surface area contributed by atoms with Gasteiger partial charge in [-0.15, -0.1) is 0 Å². The predicted molar refractivity (Wildman–Crippen MR) is 61.3 cm³/mol. The maximum absolute atomic E-state index is 11.2. The van der Waals surface area contributed by atoms with E-state index in [1.807, 2.05) is 6.92 Å². The second kappa shape index (κ2) is 4.81. The molecule has 2 rings (SSSR count). The predicted octanol–water partition coefficient (Wildman–Crippen LogP) is 0.780. The highest BCUT2D eigenvalue weighted by molar-refractivity contribution is 7.99. The van der Waals surface area contributed by atoms with Crippen LogP contribution >= 0.6 is 11.8 Å². The van der Waals surface area contributed by atoms with Crippen molar-refractivity contribution in [3.05, 3.63) is 22.1 Å². The van der Waals surface area contributed by atoms with Gasteiger partial charge in [0.25, 0.3) is 5.56 Å². The lowest BCUT2D eigenvalue weighted by atomic mass is 10.0. The summed E-state index contributed by atoms with van der Waals surface area (Å²) in [6.45, 7) is 4.12. The lowest BCUT2D eigenvalue weighted by Gasteiger charge is -2.26. The van der Waals surface area contributed by atoms with E-state index in [2.05, 4.69) is 15.3 Å². The van der Waals surface area contributed by atoms with E-state index in [1.54, 1.807) is 11.8 Å². The molecule has 0 bridgehead atoms. The summed E-state index contributed by atoms with van der Waals surface area (Å²) in [4.78, 5) is 18.2. The second-order valence-electron chi connectivity index (χ2n) is 3.85. The van der Waals surface area contributed by atoms with Gasteiger partial charge in [0.15, 0.2) is 5.16 Å². The van der Waals surface area contributed by atoms with E-state index in [4.69, 9.17) is 0 Å². The van der Waals surface area contributed by atoms with Crippen molar-refractivity contribution < 1.29 is 0 Å². The van der Waals surface area contributed by atoms with Crippen LogP contribution in [0.5, 0.6) is 0 Å². The number of thioether (sulfide) groups is 1. The summed E-state index contributed by atoms with van der Waals surface area (Å²) < 4.78 is 0. The Hall–Kier alpha value is -0.810. The van der Waals surface area contributed by atoms with Crippen LogP contribution < -0.4 is 10.9 Å². The fraction of sp³-hybridized carbons (Fsp3) is 0.600. The molecule has 0 aromatic carbocycles. The van der Waals surface area contributed by atoms with Crippen LogP contribution in [-0.2, 0) is 0 Å². The van der Waals surface area contributed by atoms with E-state index in [-0.39, 0.29) is 5.56 Å². The number of hydrogen-bond acceptors (Lipinski definition) is 4. The molecule has 4 nitrogen and oxygen atoms in total. The molecule has 0 spiro atoms. The zero-order chi connectivity index (χ0) is 10.7. The van der Waals surface area contributed by atoms with Gasteiger partial charge in [-0.1, -0.05) is 11.8 Å². The van der Waals surface area contributed by atoms with Crippen molar-refractivity contribution >= 4 is 11.8 Å². The highest BCUT2D eigenvalue weighted by atomic mass is 32.2. The number of aryl methyl sites for hydroxylation is 1. The zero-order valence-corrected chi connectivity index (χ0v) is 9.56. The first-order valence-electron chi connectivity index (χ1n) is 5.15. The zero-order valence-electron chi connectivity index (χ0n) is 8.75. The van der Waals surface area contributed by atoms with Gasteiger partial charge >= 0.3 is 0 Å². The SMILES string of the molecule is Cc1cc(=O)[nH]c(SCCC2CNC2)n1. The van der Waals surface area contributed by atoms with Crippen LogP contribution in [-0.4, -0.2) is 28.8 Å². The van der Waals surface area contributed by atoms with Gasteiger partial charge in [0.1, 0.15) is 0 Å². The van der Waals surface area contributed by atoms with E-state index >= 15 is 0 Å². The van der Waals surface area contributed by atoms with E-state index in [0.29, 0.717) is 0 Å². The van der Waals surface area contributed by atoms with Gasteiger partial charge in [-0.2, -0.15) is 0 Å². The first-order chi connectivity index (χ1) is 7.24. The third kappa shape index (κ3) is 3.07. The number of aromatic amines is 1. The molecule has 1 aromatic heterocycles. The molecule has 2 N–H and O–H groups in total. The molecule has 15 heavy (non-hydrogen) atoms. The molecule has 82 valence electrons. The van der Waals surface area contributed by atoms with E-state index in [0.717, 1.165) is 35.6 Å². The summed E-state index contributed by atoms with van der Waals surface area (Å²) in [5, 5.41) is 3.99. The maximum Gasteiger partial charge on any atom is 0.251 e. The van der Waals surface area contributed by atoms with Gasteiger partial charge in [0, 0.05) is 17.5 Å². The molecule has 0 saturated carbocycles. The Morgan fingerprint density at radius 3 is 3.00 bits per heavy atom. The minimum absolute atomic E-state index is 0.0599. The number of hydrogen-bond donors (Lipinski definition) is 2. The van der Waals surface area contributed by atoms with Gasteiger partial charge in [-0.25, -0.2) is 4.98 Å². The molecule has 0 amide bonds. The van der Waals surface area contributed by atoms with Crippen molar-refractivity contribution in [1.82, 2.24) is 15.3 Å². The standard InChI is InChI=1S/C10H15N3OS/c1-7-4-9(14)13-10(12-7)15-3-2-8-5-11-6-8/h4,8,11H,2-3,5-6H2,1H3,(H,12,13,14). The normalized spacial score (nSPS) is 16.3. The monoisotopic (exact) mass is 225 g/mol. The third-order valence-electron chi connectivity index (χ3n) is 2.48. The molecule has 0 atom stereocenters. The highest BCUT2D eigenvalue weighted by Gasteiger charge is 2.15. The van der Waals surface area contributed by atoms with Crippen molar-refractivity contribution in [2.45, 2.75) is 18.5 Å². The fourth-order valence-corrected chi connectivity index (χ4v) is 2.52. The minimum atomic E-state index is -0.0599. The topological polar surface area (TPSA) is 57.8 Å². The molecule has 1 aliphatic rings. The lowest BCUT2D eigenvalue weighted by Crippen LogP contribution is -2.42. The number of nitrogens with one attached hydrogen (secondary N) is 2. The fourth-order valence-electron chi connectivity index (χ4n) is 1.49. The molecule has 0 unspecified atom stereocenters. The number of H-pyrrole nitrogens is 1. The largest absolute Gasteiger partial charge is 0.316 e. The Labute approximate surface area is 92.9 Å². The average molecular weight is 225 g/mol. The Bertz CT molecular complexity index is 386. The summed E-state index contributed by atoms with van der Waals surface area (Å²) >= 11 is 1.63. The van der Waals surface area contributed by atoms with Crippen LogP contribution in [0.2, 0.25) is 0 Å². The molecular weight excluding hydrogens is 210 g/mol. The van der Waals surface area contributed by atoms with Gasteiger partial charge in [-0.05, 0) is 32.4 Å². The number of nitrogens with zero attached hydrogens (tertiary/aromatic N) is 1. The summed E-state index contributed by atoms with van der Waals surface area (Å²) in [6.07, 6.45) is 1.19. The highest BCUT2D eigenvalue weighted by Crippen LogP contribution is 2.17. The van der Waals surface area contributed by atoms with Crippen LogP contribution in [0.1, 0.15) is 12.1 Å². The Balaban J connectivity index is 1.84. The molecule has 0 radical (unpaired) electrons. The van der Waals surface area contributed by atoms with Crippen LogP contribution in [0.25, 0.3) is 0 Å². The van der Waals surface area contributed by atoms with Gasteiger partial charge in [-0.3, -0.25) is 4.79 Å². The van der Waals surface area contributed by atoms with Crippen molar-refractivity contribution in [2.75, 3.05) is 18.8 Å². The van der Waals surface area contributed by atoms with E-state index in [9.17, 15) is 4.79 Å². The van der Waals surface area contributed by atoms with Crippen LogP contribution in [0.4, 0.5) is 0 Å². The van der Waals surface area contributed by atoms with Crippen molar-refractivity contribution in [2.24, 2.45) is 5.92 Å². The number of aromatic nitrogens is 2. The van der Waals surface area contributed by atoms with Crippen LogP contribution in [0.3, 0.4) is 0 Å². The average Bonchev–Trinajstić information content (AvgIpc) is 2.07. The summed E-state index contributed by atoms with van der Waals surface area (Å²) in [5.41, 5.74) is 0.724. The van der Waals surface area contributed by atoms with Crippen molar-refractivity contribution in [1.29, 1.82) is 0 Å². The van der Waals surface area contributed by atoms with Gasteiger partial charge < -0.3 is 10.3 Å². The van der Waals surface area contributed by atoms with Crippen LogP contribution in [0, 0.1) is 12.8 Å². The Kier molecular flexibility index (Phi) is 3.43. The molecule has 0 aliphatic carbocycles. The van der Waals surface area contributed by atoms with Crippen molar-refractivity contribution in [3.63, 3.8) is 0 Å². The third-order valence-corrected chi connectivity index (χ3v) is 3.39. The Morgan fingerprint density at radius 1 is 1.60 bits per heavy atom. The summed E-state index contributed by atoms with van der Waals surface area (Å²) in [6, 6.07) is 1.51. The number of rotatable bonds is 4. The Morgan fingerprint density at radius 2 is 2.40 bits per heavy atom. The van der Waals surface area contributed by atoms with E-state index < -0.39 is 0 Å². The van der Waals surface area contributed by atoms with Crippen LogP contribution in [0.15, 0.2) is 16.0 Å². The molecule has 1 fully saturated rings. The molecule has 2 heterocycles. The molecule has 5 heteroatoms. The van der Waals surface area contributed by atoms with Gasteiger partial charge in [0.05, 0.1) is 0 Å². The van der Waals surface area contributed by atoms with Gasteiger partial charge in [0.2, 0.25) is 0 Å². The maximum atomic E-state index is 11.2. The van der Waals surface area contributed by atoms with Crippen molar-refractivity contribution in [3.8, 4) is 0 Å². The molecule has 1 saturated heterocycles. The molecule has 1 aliphatic heterocycles. The molecule has 1 aromatic rings. The minimum Gasteiger partial charge on any atom is -0.316 e. The molecular formula is C10H15N3OS. The quantitative estimate of drug-likeness (QED) is 0.587. The summed E-state index contributed by atoms with van der Waals surface area (Å²) in [5.74, 6) is 1.84. The van der Waals surface area contributed by atoms with E-state index in [1.165, 1.54) is 12.5 Å². The second-order valence-corrected chi connectivity index (χ2v) is 4.94. The summed E-state index contributed by atoms with van der Waals surface area (Å²) in [7, 11) is 0. The smallest absolute Gasteiger partial charge is 0.251 e. The first-order valence-corrected chi connectivity index (χ1v) is 6.14.